The minimum Gasteiger partial charge on any atom is -0.491 e. The molecule has 220 valence electrons. The zero-order chi connectivity index (χ0) is 29.0. The molecule has 16 nitrogen and oxygen atoms in total. The molecular formula is C24H32N4O12. The summed E-state index contributed by atoms with van der Waals surface area (Å²) < 4.78 is 32.4. The summed E-state index contributed by atoms with van der Waals surface area (Å²) in [5.41, 5.74) is -0.545. The molecule has 0 aliphatic rings. The number of ether oxygens (including phenoxy) is 6. The summed E-state index contributed by atoms with van der Waals surface area (Å²) in [5, 5.41) is 35.3. The van der Waals surface area contributed by atoms with Crippen LogP contribution >= 0.6 is 0 Å². The highest BCUT2D eigenvalue weighted by Crippen LogP contribution is 2.28. The normalized spacial score (nSPS) is 10.8. The van der Waals surface area contributed by atoms with Crippen molar-refractivity contribution in [2.45, 2.75) is 0 Å². The van der Waals surface area contributed by atoms with Gasteiger partial charge in [-0.05, 0) is 18.2 Å². The molecule has 0 bridgehead atoms. The number of benzene rings is 2. The van der Waals surface area contributed by atoms with Gasteiger partial charge in [0.2, 0.25) is 0 Å². The van der Waals surface area contributed by atoms with E-state index in [1.165, 1.54) is 36.4 Å². The number of non-ortho nitro benzene ring substituents is 2. The van der Waals surface area contributed by atoms with Crippen LogP contribution in [0.15, 0.2) is 42.5 Å². The van der Waals surface area contributed by atoms with Gasteiger partial charge in [-0.2, -0.15) is 0 Å². The van der Waals surface area contributed by atoms with Gasteiger partial charge in [0.15, 0.2) is 0 Å². The number of rotatable bonds is 23. The molecule has 0 fully saturated rings. The van der Waals surface area contributed by atoms with E-state index < -0.39 is 14.8 Å². The van der Waals surface area contributed by atoms with Crippen LogP contribution in [0.1, 0.15) is 0 Å². The van der Waals surface area contributed by atoms with Gasteiger partial charge < -0.3 is 33.7 Å². The van der Waals surface area contributed by atoms with Gasteiger partial charge in [0.05, 0.1) is 86.9 Å². The molecule has 0 aliphatic carbocycles. The van der Waals surface area contributed by atoms with Crippen molar-refractivity contribution in [3.8, 4) is 5.75 Å². The molecule has 0 heterocycles. The third-order valence-electron chi connectivity index (χ3n) is 4.98. The van der Waals surface area contributed by atoms with Crippen molar-refractivity contribution in [2.24, 2.45) is 0 Å². The first kappa shape index (κ1) is 32.3. The average molecular weight is 569 g/mol. The third kappa shape index (κ3) is 13.2. The average Bonchev–Trinajstić information content (AvgIpc) is 2.94. The highest BCUT2D eigenvalue weighted by atomic mass is 16.6. The minimum atomic E-state index is -0.690. The van der Waals surface area contributed by atoms with Crippen molar-refractivity contribution >= 4 is 22.7 Å². The smallest absolute Gasteiger partial charge is 0.299 e. The summed E-state index contributed by atoms with van der Waals surface area (Å²) in [5.74, 6) is 0.531. The Bertz CT molecular complexity index is 1050. The summed E-state index contributed by atoms with van der Waals surface area (Å²) in [6, 6.07) is 9.22. The van der Waals surface area contributed by atoms with Crippen LogP contribution in [-0.4, -0.2) is 94.0 Å². The maximum atomic E-state index is 11.1. The Balaban J connectivity index is 1.34. The molecule has 0 aromatic heterocycles. The van der Waals surface area contributed by atoms with Crippen LogP contribution in [0.25, 0.3) is 0 Å². The van der Waals surface area contributed by atoms with Gasteiger partial charge in [-0.1, -0.05) is 0 Å². The lowest BCUT2D eigenvalue weighted by molar-refractivity contribution is -0.393. The molecule has 0 radical (unpaired) electrons. The molecule has 2 aromatic rings. The van der Waals surface area contributed by atoms with Crippen molar-refractivity contribution in [3.63, 3.8) is 0 Å². The number of hydrogen-bond donors (Lipinski definition) is 1. The molecule has 0 aliphatic heterocycles. The van der Waals surface area contributed by atoms with E-state index in [2.05, 4.69) is 5.32 Å². The second kappa shape index (κ2) is 19.2. The molecule has 2 rings (SSSR count). The van der Waals surface area contributed by atoms with Crippen LogP contribution < -0.4 is 10.1 Å². The molecule has 0 unspecified atom stereocenters. The standard InChI is InChI=1S/C24H32N4O12/c29-26(30)20-1-4-22(5-2-20)40-18-17-39-16-15-38-14-13-37-12-11-36-10-9-35-8-7-25-23-6-3-21(27(31)32)19-24(23)28(33)34/h1-6,19,25H,7-18H2. The van der Waals surface area contributed by atoms with E-state index >= 15 is 0 Å². The first-order chi connectivity index (χ1) is 19.4. The maximum Gasteiger partial charge on any atom is 0.299 e. The van der Waals surface area contributed by atoms with E-state index in [0.29, 0.717) is 71.8 Å². The lowest BCUT2D eigenvalue weighted by Crippen LogP contribution is -2.15. The molecule has 16 heteroatoms. The fourth-order valence-electron chi connectivity index (χ4n) is 3.06. The molecular weight excluding hydrogens is 536 g/mol. The van der Waals surface area contributed by atoms with E-state index in [4.69, 9.17) is 28.4 Å². The maximum absolute atomic E-state index is 11.1. The van der Waals surface area contributed by atoms with Gasteiger partial charge in [-0.25, -0.2) is 0 Å². The van der Waals surface area contributed by atoms with Crippen LogP contribution in [0, 0.1) is 30.3 Å². The summed E-state index contributed by atoms with van der Waals surface area (Å²) in [6.45, 7) is 4.29. The SMILES string of the molecule is O=[N+]([O-])c1ccc(OCCOCCOCCOCCOCCOCCNc2ccc([N+](=O)[O-])cc2[N+](=O)[O-])cc1. The van der Waals surface area contributed by atoms with Crippen LogP contribution in [0.3, 0.4) is 0 Å². The third-order valence-corrected chi connectivity index (χ3v) is 4.98. The number of hydrogen-bond acceptors (Lipinski definition) is 13. The monoisotopic (exact) mass is 568 g/mol. The fourth-order valence-corrected chi connectivity index (χ4v) is 3.06. The molecule has 0 saturated heterocycles. The summed E-state index contributed by atoms with van der Waals surface area (Å²) >= 11 is 0. The Morgan fingerprint density at radius 2 is 1.00 bits per heavy atom. The Hall–Kier alpha value is -3.96. The van der Waals surface area contributed by atoms with Gasteiger partial charge in [0.1, 0.15) is 18.0 Å². The Morgan fingerprint density at radius 3 is 1.48 bits per heavy atom. The largest absolute Gasteiger partial charge is 0.491 e. The predicted molar refractivity (Wildman–Crippen MR) is 141 cm³/mol. The van der Waals surface area contributed by atoms with Crippen LogP contribution in [0.2, 0.25) is 0 Å². The summed E-state index contributed by atoms with van der Waals surface area (Å²) in [7, 11) is 0. The van der Waals surface area contributed by atoms with E-state index in [9.17, 15) is 30.3 Å². The van der Waals surface area contributed by atoms with Gasteiger partial charge in [0.25, 0.3) is 17.1 Å². The van der Waals surface area contributed by atoms with Gasteiger partial charge >= 0.3 is 0 Å². The number of anilines is 1. The topological polar surface area (TPSA) is 197 Å². The minimum absolute atomic E-state index is 0.00566. The van der Waals surface area contributed by atoms with E-state index in [0.717, 1.165) is 6.07 Å². The van der Waals surface area contributed by atoms with Crippen LogP contribution in [0.4, 0.5) is 22.7 Å². The highest BCUT2D eigenvalue weighted by molar-refractivity contribution is 5.65. The second-order valence-corrected chi connectivity index (χ2v) is 7.80. The van der Waals surface area contributed by atoms with Gasteiger partial charge in [0, 0.05) is 24.7 Å². The Morgan fingerprint density at radius 1 is 0.550 bits per heavy atom. The predicted octanol–water partition coefficient (Wildman–Crippen LogP) is 2.99. The molecule has 0 amide bonds. The van der Waals surface area contributed by atoms with Crippen molar-refractivity contribution in [3.05, 3.63) is 72.8 Å². The number of nitrogens with one attached hydrogen (secondary N) is 1. The van der Waals surface area contributed by atoms with Crippen molar-refractivity contribution in [2.75, 3.05) is 84.5 Å². The summed E-state index contributed by atoms with van der Waals surface area (Å²) in [4.78, 5) is 30.6. The lowest BCUT2D eigenvalue weighted by atomic mass is 10.2. The van der Waals surface area contributed by atoms with Gasteiger partial charge in [-0.15, -0.1) is 0 Å². The van der Waals surface area contributed by atoms with E-state index in [1.807, 2.05) is 0 Å². The molecule has 1 N–H and O–H groups in total. The molecule has 2 aromatic carbocycles. The number of nitro groups is 3. The molecule has 0 saturated carbocycles. The quantitative estimate of drug-likeness (QED) is 0.117. The van der Waals surface area contributed by atoms with Gasteiger partial charge in [-0.3, -0.25) is 30.3 Å². The number of nitro benzene ring substituents is 3. The Kier molecular flexibility index (Phi) is 15.4. The highest BCUT2D eigenvalue weighted by Gasteiger charge is 2.19. The first-order valence-electron chi connectivity index (χ1n) is 12.3. The zero-order valence-electron chi connectivity index (χ0n) is 21.8. The second-order valence-electron chi connectivity index (χ2n) is 7.80. The van der Waals surface area contributed by atoms with Crippen molar-refractivity contribution < 1.29 is 43.2 Å². The van der Waals surface area contributed by atoms with Crippen molar-refractivity contribution in [1.29, 1.82) is 0 Å². The lowest BCUT2D eigenvalue weighted by Gasteiger charge is -2.09. The fraction of sp³-hybridized carbons (Fsp3) is 0.500. The Labute approximate surface area is 229 Å². The number of nitrogens with zero attached hydrogens (tertiary/aromatic N) is 3. The zero-order valence-corrected chi connectivity index (χ0v) is 21.8. The molecule has 40 heavy (non-hydrogen) atoms. The van der Waals surface area contributed by atoms with E-state index in [-0.39, 0.29) is 35.9 Å². The summed E-state index contributed by atoms with van der Waals surface area (Å²) in [6.07, 6.45) is 0. The van der Waals surface area contributed by atoms with Crippen LogP contribution in [0.5, 0.6) is 5.75 Å². The van der Waals surface area contributed by atoms with Crippen molar-refractivity contribution in [1.82, 2.24) is 0 Å². The van der Waals surface area contributed by atoms with E-state index in [1.54, 1.807) is 0 Å². The first-order valence-corrected chi connectivity index (χ1v) is 12.3. The van der Waals surface area contributed by atoms with Crippen LogP contribution in [-0.2, 0) is 23.7 Å². The molecule has 0 spiro atoms. The molecule has 0 atom stereocenters.